The minimum Gasteiger partial charge on any atom is -0.352 e. The Morgan fingerprint density at radius 3 is 2.16 bits per heavy atom. The van der Waals surface area contributed by atoms with E-state index >= 15 is 0 Å². The fourth-order valence-electron chi connectivity index (χ4n) is 16.3. The molecule has 8 aliphatic carbocycles. The zero-order valence-corrected chi connectivity index (χ0v) is 37.1. The summed E-state index contributed by atoms with van der Waals surface area (Å²) in [7, 11) is 0. The summed E-state index contributed by atoms with van der Waals surface area (Å²) in [6.45, 7) is 0. The standard InChI is InChI=1S/C56H70N6/c57-33-36-21-25-39(26-22-36)41-11-1-3-13-43(41)45-15-5-6-16-46(45)44-14-4-2-12-42(44)40-31-55(61-51-19-9-7-17-47(51)48-18-8-10-20-52(48)61)60-56(32-40)62-53-27-23-37(34-58)29-49(53)50-30-38(35-59)24-28-54(50)62/h1,5-6,9-11,15,19-20,23,27,30,36-37,39-44,46-48,50-52,54-56,60H,2-4,7-8,12-14,16-18,21-22,24-26,28-29,31-32H2. The molecule has 6 nitrogen and oxygen atoms in total. The van der Waals surface area contributed by atoms with E-state index < -0.39 is 0 Å². The van der Waals surface area contributed by atoms with Gasteiger partial charge in [-0.3, -0.25) is 10.2 Å². The quantitative estimate of drug-likeness (QED) is 0.268. The predicted octanol–water partition coefficient (Wildman–Crippen LogP) is 11.7. The van der Waals surface area contributed by atoms with Crippen molar-refractivity contribution in [1.29, 1.82) is 15.8 Å². The lowest BCUT2D eigenvalue weighted by molar-refractivity contribution is -0.0205. The van der Waals surface area contributed by atoms with Gasteiger partial charge < -0.3 is 4.90 Å². The van der Waals surface area contributed by atoms with Gasteiger partial charge in [-0.25, -0.2) is 0 Å². The van der Waals surface area contributed by atoms with Crippen molar-refractivity contribution in [2.24, 2.45) is 71.0 Å². The molecule has 2 saturated heterocycles. The lowest BCUT2D eigenvalue weighted by Crippen LogP contribution is -2.64. The van der Waals surface area contributed by atoms with Crippen LogP contribution in [0.2, 0.25) is 0 Å². The Labute approximate surface area is 372 Å². The topological polar surface area (TPSA) is 89.9 Å². The second-order valence-electron chi connectivity index (χ2n) is 21.7. The van der Waals surface area contributed by atoms with Gasteiger partial charge in [0, 0.05) is 41.2 Å². The van der Waals surface area contributed by atoms with E-state index in [1.807, 2.05) is 0 Å². The first-order valence-electron chi connectivity index (χ1n) is 25.6. The molecule has 62 heavy (non-hydrogen) atoms. The van der Waals surface area contributed by atoms with Crippen LogP contribution in [0.1, 0.15) is 128 Å². The normalized spacial score (nSPS) is 44.9. The Kier molecular flexibility index (Phi) is 11.6. The van der Waals surface area contributed by atoms with Gasteiger partial charge in [-0.15, -0.1) is 0 Å². The average molecular weight is 827 g/mol. The van der Waals surface area contributed by atoms with Crippen LogP contribution in [-0.4, -0.2) is 40.3 Å². The second kappa shape index (κ2) is 17.6. The van der Waals surface area contributed by atoms with E-state index in [1.165, 1.54) is 108 Å². The predicted molar refractivity (Wildman–Crippen MR) is 246 cm³/mol. The van der Waals surface area contributed by atoms with Gasteiger partial charge >= 0.3 is 0 Å². The Hall–Kier alpha value is -3.89. The first-order valence-corrected chi connectivity index (χ1v) is 25.6. The van der Waals surface area contributed by atoms with Crippen molar-refractivity contribution < 1.29 is 0 Å². The maximum Gasteiger partial charge on any atom is 0.0943 e. The van der Waals surface area contributed by atoms with Crippen molar-refractivity contribution in [1.82, 2.24) is 15.1 Å². The molecule has 0 radical (unpaired) electrons. The van der Waals surface area contributed by atoms with E-state index in [4.69, 9.17) is 0 Å². The highest BCUT2D eigenvalue weighted by Gasteiger charge is 2.54. The second-order valence-corrected chi connectivity index (χ2v) is 21.7. The molecule has 1 N–H and O–H groups in total. The summed E-state index contributed by atoms with van der Waals surface area (Å²) in [4.78, 5) is 5.84. The van der Waals surface area contributed by atoms with Crippen molar-refractivity contribution in [2.75, 3.05) is 0 Å². The highest BCUT2D eigenvalue weighted by atomic mass is 15.4. The largest absolute Gasteiger partial charge is 0.352 e. The van der Waals surface area contributed by atoms with Crippen LogP contribution in [0, 0.1) is 105 Å². The molecule has 0 bridgehead atoms. The third kappa shape index (κ3) is 7.27. The van der Waals surface area contributed by atoms with Gasteiger partial charge in [-0.05, 0) is 180 Å². The number of fused-ring (bicyclic) bond motifs is 5. The maximum absolute atomic E-state index is 10.1. The van der Waals surface area contributed by atoms with Crippen LogP contribution in [0.4, 0.5) is 0 Å². The first-order chi connectivity index (χ1) is 30.6. The molecule has 15 atom stereocenters. The summed E-state index contributed by atoms with van der Waals surface area (Å²) in [5, 5.41) is 34.5. The third-order valence-electron chi connectivity index (χ3n) is 19.0. The van der Waals surface area contributed by atoms with Crippen LogP contribution in [0.25, 0.3) is 0 Å². The summed E-state index contributed by atoms with van der Waals surface area (Å²) in [6.07, 6.45) is 54.0. The molecule has 0 aromatic heterocycles. The molecule has 4 fully saturated rings. The minimum absolute atomic E-state index is 0.0914. The lowest BCUT2D eigenvalue weighted by Gasteiger charge is -2.53. The third-order valence-corrected chi connectivity index (χ3v) is 19.0. The van der Waals surface area contributed by atoms with E-state index in [1.54, 1.807) is 5.57 Å². The number of hydrogen-bond donors (Lipinski definition) is 1. The molecule has 6 heteroatoms. The molecule has 0 amide bonds. The van der Waals surface area contributed by atoms with Crippen LogP contribution in [0.15, 0.2) is 95.3 Å². The SMILES string of the molecule is N#CC1=CC2C3=C(C=CC(C#N)C3)N(C3CC(C4CCCCC4C4CC=CC=C4C4CCC=CC4C4CCC(C#N)CC4)CC(N4C5C=CCCC5C5CCC=CC54)N3)C2CC1. The molecular formula is C56H70N6. The van der Waals surface area contributed by atoms with Crippen LogP contribution >= 0.6 is 0 Å². The minimum atomic E-state index is -0.0914. The number of piperidine rings is 1. The summed E-state index contributed by atoms with van der Waals surface area (Å²) >= 11 is 0. The van der Waals surface area contributed by atoms with Crippen LogP contribution in [0.3, 0.4) is 0 Å². The highest BCUT2D eigenvalue weighted by Crippen LogP contribution is 2.55. The van der Waals surface area contributed by atoms with Crippen molar-refractivity contribution in [3.63, 3.8) is 0 Å². The Balaban J connectivity index is 0.944. The molecule has 0 aromatic rings. The lowest BCUT2D eigenvalue weighted by atomic mass is 9.58. The van der Waals surface area contributed by atoms with Crippen molar-refractivity contribution in [3.05, 3.63) is 95.3 Å². The summed E-state index contributed by atoms with van der Waals surface area (Å²) in [5.74, 6) is 6.47. The smallest absolute Gasteiger partial charge is 0.0943 e. The van der Waals surface area contributed by atoms with Gasteiger partial charge in [0.25, 0.3) is 0 Å². The molecule has 2 saturated carbocycles. The number of hydrogen-bond acceptors (Lipinski definition) is 6. The molecule has 324 valence electrons. The van der Waals surface area contributed by atoms with E-state index in [0.717, 1.165) is 49.5 Å². The van der Waals surface area contributed by atoms with E-state index in [-0.39, 0.29) is 23.9 Å². The van der Waals surface area contributed by atoms with Gasteiger partial charge in [0.1, 0.15) is 0 Å². The number of nitrogens with zero attached hydrogens (tertiary/aromatic N) is 5. The molecular weight excluding hydrogens is 757 g/mol. The van der Waals surface area contributed by atoms with Crippen molar-refractivity contribution in [3.8, 4) is 18.2 Å². The number of allylic oxidation sites excluding steroid dienone is 11. The van der Waals surface area contributed by atoms with Gasteiger partial charge in [-0.2, -0.15) is 15.8 Å². The molecule has 15 unspecified atom stereocenters. The summed E-state index contributed by atoms with van der Waals surface area (Å²) in [6, 6.07) is 9.07. The molecule has 0 aromatic carbocycles. The Morgan fingerprint density at radius 2 is 1.40 bits per heavy atom. The monoisotopic (exact) mass is 827 g/mol. The fourth-order valence-corrected chi connectivity index (χ4v) is 16.3. The van der Waals surface area contributed by atoms with Gasteiger partial charge in [0.15, 0.2) is 0 Å². The van der Waals surface area contributed by atoms with Crippen molar-refractivity contribution in [2.45, 2.75) is 159 Å². The molecule has 3 aliphatic heterocycles. The molecule has 3 heterocycles. The number of likely N-dealkylation sites (tertiary alicyclic amines) is 1. The zero-order chi connectivity index (χ0) is 41.7. The zero-order valence-electron chi connectivity index (χ0n) is 37.1. The molecule has 0 spiro atoms. The van der Waals surface area contributed by atoms with E-state index in [2.05, 4.69) is 106 Å². The number of nitriles is 3. The van der Waals surface area contributed by atoms with Gasteiger partial charge in [0.05, 0.1) is 36.5 Å². The van der Waals surface area contributed by atoms with Gasteiger partial charge in [-0.1, -0.05) is 85.3 Å². The van der Waals surface area contributed by atoms with Crippen molar-refractivity contribution >= 4 is 0 Å². The molecule has 11 aliphatic rings. The van der Waals surface area contributed by atoms with E-state index in [9.17, 15) is 15.8 Å². The van der Waals surface area contributed by atoms with Crippen LogP contribution < -0.4 is 5.32 Å². The first kappa shape index (κ1) is 40.9. The van der Waals surface area contributed by atoms with Gasteiger partial charge in [0.2, 0.25) is 0 Å². The summed E-state index contributed by atoms with van der Waals surface area (Å²) < 4.78 is 0. The maximum atomic E-state index is 10.1. The Bertz CT molecular complexity index is 2060. The highest BCUT2D eigenvalue weighted by molar-refractivity contribution is 5.44. The summed E-state index contributed by atoms with van der Waals surface area (Å²) in [5.41, 5.74) is 5.47. The number of nitrogens with one attached hydrogen (secondary N) is 1. The Morgan fingerprint density at radius 1 is 0.661 bits per heavy atom. The molecule has 11 rings (SSSR count). The van der Waals surface area contributed by atoms with Crippen LogP contribution in [0.5, 0.6) is 0 Å². The van der Waals surface area contributed by atoms with E-state index in [0.29, 0.717) is 65.7 Å². The van der Waals surface area contributed by atoms with Crippen LogP contribution in [-0.2, 0) is 0 Å². The fraction of sp³-hybridized carbons (Fsp3) is 0.661. The average Bonchev–Trinajstić information content (AvgIpc) is 3.86. The number of rotatable bonds is 6.